The quantitative estimate of drug-likeness (QED) is 0.842. The van der Waals surface area contributed by atoms with Crippen molar-refractivity contribution in [1.82, 2.24) is 10.2 Å². The molecule has 1 aliphatic heterocycles. The molecular formula is C15H23BrN2O. The molecule has 0 bridgehead atoms. The van der Waals surface area contributed by atoms with Gasteiger partial charge >= 0.3 is 0 Å². The van der Waals surface area contributed by atoms with Crippen LogP contribution in [0.2, 0.25) is 0 Å². The summed E-state index contributed by atoms with van der Waals surface area (Å²) < 4.78 is 7.10. The van der Waals surface area contributed by atoms with E-state index in [1.807, 2.05) is 0 Å². The van der Waals surface area contributed by atoms with Crippen molar-refractivity contribution in [3.8, 4) is 0 Å². The molecule has 2 rings (SSSR count). The molecule has 0 saturated carbocycles. The second-order valence-electron chi connectivity index (χ2n) is 5.09. The Bertz CT molecular complexity index is 382. The predicted molar refractivity (Wildman–Crippen MR) is 82.4 cm³/mol. The first kappa shape index (κ1) is 15.0. The van der Waals surface area contributed by atoms with Crippen LogP contribution in [-0.4, -0.2) is 44.3 Å². The number of hydrogen-bond acceptors (Lipinski definition) is 3. The first-order valence-corrected chi connectivity index (χ1v) is 7.79. The van der Waals surface area contributed by atoms with Gasteiger partial charge in [0.05, 0.1) is 18.8 Å². The van der Waals surface area contributed by atoms with E-state index < -0.39 is 0 Å². The molecule has 3 nitrogen and oxygen atoms in total. The Balaban J connectivity index is 2.09. The van der Waals surface area contributed by atoms with E-state index in [2.05, 4.69) is 64.4 Å². The average molecular weight is 327 g/mol. The summed E-state index contributed by atoms with van der Waals surface area (Å²) in [5.41, 5.74) is 1.33. The number of nitrogens with one attached hydrogen (secondary N) is 1. The molecule has 106 valence electrons. The van der Waals surface area contributed by atoms with Gasteiger partial charge < -0.3 is 10.1 Å². The fourth-order valence-corrected chi connectivity index (χ4v) is 2.85. The van der Waals surface area contributed by atoms with Gasteiger partial charge in [0.15, 0.2) is 0 Å². The highest BCUT2D eigenvalue weighted by molar-refractivity contribution is 9.10. The third-order valence-electron chi connectivity index (χ3n) is 3.59. The Morgan fingerprint density at radius 2 is 2.11 bits per heavy atom. The lowest BCUT2D eigenvalue weighted by Crippen LogP contribution is -2.47. The maximum absolute atomic E-state index is 5.98. The van der Waals surface area contributed by atoms with Gasteiger partial charge in [-0.3, -0.25) is 4.90 Å². The van der Waals surface area contributed by atoms with Crippen molar-refractivity contribution in [2.45, 2.75) is 25.5 Å². The minimum absolute atomic E-state index is 0.228. The van der Waals surface area contributed by atoms with E-state index in [0.717, 1.165) is 37.1 Å². The summed E-state index contributed by atoms with van der Waals surface area (Å²) in [6.07, 6.45) is 1.39. The summed E-state index contributed by atoms with van der Waals surface area (Å²) >= 11 is 3.49. The number of ether oxygens (including phenoxy) is 1. The Labute approximate surface area is 124 Å². The van der Waals surface area contributed by atoms with Crippen molar-refractivity contribution < 1.29 is 4.74 Å². The number of morpholine rings is 1. The van der Waals surface area contributed by atoms with E-state index >= 15 is 0 Å². The number of hydrogen-bond donors (Lipinski definition) is 1. The molecule has 2 atom stereocenters. The summed E-state index contributed by atoms with van der Waals surface area (Å²) in [5.74, 6) is 0. The second-order valence-corrected chi connectivity index (χ2v) is 6.01. The molecule has 1 aliphatic rings. The van der Waals surface area contributed by atoms with E-state index in [1.54, 1.807) is 0 Å². The summed E-state index contributed by atoms with van der Waals surface area (Å²) in [7, 11) is 2.18. The molecule has 1 N–H and O–H groups in total. The van der Waals surface area contributed by atoms with Crippen LogP contribution in [0.3, 0.4) is 0 Å². The second kappa shape index (κ2) is 7.39. The number of likely N-dealkylation sites (N-methyl/N-ethyl adjacent to an activating group) is 1. The van der Waals surface area contributed by atoms with Crippen molar-refractivity contribution in [3.05, 3.63) is 34.3 Å². The van der Waals surface area contributed by atoms with E-state index in [9.17, 15) is 0 Å². The van der Waals surface area contributed by atoms with Gasteiger partial charge in [0.25, 0.3) is 0 Å². The van der Waals surface area contributed by atoms with Gasteiger partial charge in [-0.1, -0.05) is 35.0 Å². The highest BCUT2D eigenvalue weighted by Crippen LogP contribution is 2.28. The van der Waals surface area contributed by atoms with E-state index in [0.29, 0.717) is 6.04 Å². The van der Waals surface area contributed by atoms with Crippen molar-refractivity contribution >= 4 is 15.9 Å². The van der Waals surface area contributed by atoms with Crippen molar-refractivity contribution in [1.29, 1.82) is 0 Å². The van der Waals surface area contributed by atoms with Crippen LogP contribution in [-0.2, 0) is 4.74 Å². The van der Waals surface area contributed by atoms with E-state index in [1.165, 1.54) is 5.56 Å². The minimum Gasteiger partial charge on any atom is -0.374 e. The van der Waals surface area contributed by atoms with Crippen LogP contribution in [0, 0.1) is 0 Å². The SMILES string of the molecule is CCCNCC1OCCN(C)C1c1ccc(Br)cc1. The molecule has 2 unspecified atom stereocenters. The Kier molecular flexibility index (Phi) is 5.82. The number of rotatable bonds is 5. The first-order valence-electron chi connectivity index (χ1n) is 7.00. The van der Waals surface area contributed by atoms with Crippen LogP contribution in [0.25, 0.3) is 0 Å². The van der Waals surface area contributed by atoms with Crippen molar-refractivity contribution in [2.75, 3.05) is 33.3 Å². The van der Waals surface area contributed by atoms with Crippen LogP contribution in [0.1, 0.15) is 24.9 Å². The van der Waals surface area contributed by atoms with Gasteiger partial charge in [-0.25, -0.2) is 0 Å². The van der Waals surface area contributed by atoms with Crippen molar-refractivity contribution in [3.63, 3.8) is 0 Å². The molecular weight excluding hydrogens is 304 g/mol. The third-order valence-corrected chi connectivity index (χ3v) is 4.12. The van der Waals surface area contributed by atoms with Gasteiger partial charge in [-0.2, -0.15) is 0 Å². The standard InChI is InChI=1S/C15H23BrN2O/c1-3-8-17-11-14-15(18(2)9-10-19-14)12-4-6-13(16)7-5-12/h4-7,14-15,17H,3,8-11H2,1-2H3. The van der Waals surface area contributed by atoms with Gasteiger partial charge in [-0.15, -0.1) is 0 Å². The molecule has 19 heavy (non-hydrogen) atoms. The molecule has 1 aromatic rings. The molecule has 0 aromatic heterocycles. The van der Waals surface area contributed by atoms with Gasteiger partial charge in [0.2, 0.25) is 0 Å². The fraction of sp³-hybridized carbons (Fsp3) is 0.600. The van der Waals surface area contributed by atoms with Crippen LogP contribution in [0.5, 0.6) is 0 Å². The molecule has 1 aromatic carbocycles. The highest BCUT2D eigenvalue weighted by atomic mass is 79.9. The van der Waals surface area contributed by atoms with Crippen LogP contribution in [0.15, 0.2) is 28.7 Å². The third kappa shape index (κ3) is 4.02. The lowest BCUT2D eigenvalue weighted by atomic mass is 9.98. The van der Waals surface area contributed by atoms with E-state index in [-0.39, 0.29) is 6.10 Å². The number of benzene rings is 1. The average Bonchev–Trinajstić information content (AvgIpc) is 2.41. The summed E-state index contributed by atoms with van der Waals surface area (Å²) in [6, 6.07) is 8.92. The van der Waals surface area contributed by atoms with Crippen LogP contribution < -0.4 is 5.32 Å². The van der Waals surface area contributed by atoms with Crippen LogP contribution in [0.4, 0.5) is 0 Å². The normalized spacial score (nSPS) is 24.6. The van der Waals surface area contributed by atoms with Gasteiger partial charge in [0.1, 0.15) is 0 Å². The van der Waals surface area contributed by atoms with Crippen LogP contribution >= 0.6 is 15.9 Å². The lowest BCUT2D eigenvalue weighted by molar-refractivity contribution is -0.0612. The molecule has 0 amide bonds. The lowest BCUT2D eigenvalue weighted by Gasteiger charge is -2.39. The molecule has 0 aliphatic carbocycles. The van der Waals surface area contributed by atoms with Gasteiger partial charge in [0, 0.05) is 17.6 Å². The smallest absolute Gasteiger partial charge is 0.0896 e. The Morgan fingerprint density at radius 3 is 2.79 bits per heavy atom. The zero-order valence-electron chi connectivity index (χ0n) is 11.7. The monoisotopic (exact) mass is 326 g/mol. The Hall–Kier alpha value is -0.420. The Morgan fingerprint density at radius 1 is 1.37 bits per heavy atom. The topological polar surface area (TPSA) is 24.5 Å². The maximum atomic E-state index is 5.98. The van der Waals surface area contributed by atoms with E-state index in [4.69, 9.17) is 4.74 Å². The zero-order valence-corrected chi connectivity index (χ0v) is 13.3. The summed E-state index contributed by atoms with van der Waals surface area (Å²) in [5, 5.41) is 3.48. The largest absolute Gasteiger partial charge is 0.374 e. The maximum Gasteiger partial charge on any atom is 0.0896 e. The summed E-state index contributed by atoms with van der Waals surface area (Å²) in [4.78, 5) is 2.39. The molecule has 4 heteroatoms. The molecule has 0 radical (unpaired) electrons. The molecule has 1 saturated heterocycles. The fourth-order valence-electron chi connectivity index (χ4n) is 2.58. The number of halogens is 1. The number of nitrogens with zero attached hydrogens (tertiary/aromatic N) is 1. The molecule has 1 fully saturated rings. The zero-order chi connectivity index (χ0) is 13.7. The highest BCUT2D eigenvalue weighted by Gasteiger charge is 2.30. The minimum atomic E-state index is 0.228. The summed E-state index contributed by atoms with van der Waals surface area (Å²) in [6.45, 7) is 5.97. The molecule has 1 heterocycles. The predicted octanol–water partition coefficient (Wildman–Crippen LogP) is 2.82. The molecule has 0 spiro atoms. The van der Waals surface area contributed by atoms with Crippen molar-refractivity contribution in [2.24, 2.45) is 0 Å². The van der Waals surface area contributed by atoms with Gasteiger partial charge in [-0.05, 0) is 37.7 Å². The first-order chi connectivity index (χ1) is 9.22.